The number of nitrogens with one attached hydrogen (secondary N) is 1. The molecule has 0 unspecified atom stereocenters. The van der Waals surface area contributed by atoms with Crippen LogP contribution in [0.3, 0.4) is 0 Å². The number of hydrogen-bond acceptors (Lipinski definition) is 4. The van der Waals surface area contributed by atoms with Crippen LogP contribution >= 0.6 is 0 Å². The maximum absolute atomic E-state index is 12.9. The monoisotopic (exact) mass is 305 g/mol. The third-order valence-electron chi connectivity index (χ3n) is 3.03. The van der Waals surface area contributed by atoms with Crippen molar-refractivity contribution < 1.29 is 23.4 Å². The van der Waals surface area contributed by atoms with Crippen LogP contribution in [0.4, 0.5) is 10.1 Å². The molecule has 1 amide bonds. The molecule has 2 aromatic carbocycles. The summed E-state index contributed by atoms with van der Waals surface area (Å²) in [6, 6.07) is 8.58. The van der Waals surface area contributed by atoms with E-state index in [2.05, 4.69) is 5.32 Å². The molecule has 0 aliphatic rings. The first-order valence-corrected chi connectivity index (χ1v) is 6.46. The van der Waals surface area contributed by atoms with Gasteiger partial charge in [-0.3, -0.25) is 4.79 Å². The van der Waals surface area contributed by atoms with Crippen LogP contribution in [0.15, 0.2) is 36.4 Å². The van der Waals surface area contributed by atoms with E-state index in [1.54, 1.807) is 12.1 Å². The van der Waals surface area contributed by atoms with Gasteiger partial charge in [-0.2, -0.15) is 0 Å². The van der Waals surface area contributed by atoms with Crippen LogP contribution in [-0.4, -0.2) is 27.2 Å². The van der Waals surface area contributed by atoms with Crippen molar-refractivity contribution in [3.8, 4) is 17.2 Å². The first kappa shape index (κ1) is 15.6. The molecule has 22 heavy (non-hydrogen) atoms. The molecule has 2 rings (SSSR count). The van der Waals surface area contributed by atoms with E-state index in [0.29, 0.717) is 28.5 Å². The fourth-order valence-corrected chi connectivity index (χ4v) is 1.95. The molecule has 116 valence electrons. The second-order valence-corrected chi connectivity index (χ2v) is 4.38. The number of benzene rings is 2. The molecule has 0 aliphatic heterocycles. The summed E-state index contributed by atoms with van der Waals surface area (Å²) in [4.78, 5) is 12.3. The van der Waals surface area contributed by atoms with Gasteiger partial charge in [0.05, 0.1) is 21.3 Å². The number of ether oxygens (including phenoxy) is 3. The number of rotatable bonds is 5. The molecule has 0 aliphatic carbocycles. The van der Waals surface area contributed by atoms with E-state index in [-0.39, 0.29) is 11.7 Å². The summed E-state index contributed by atoms with van der Waals surface area (Å²) in [7, 11) is 4.43. The molecule has 0 atom stereocenters. The van der Waals surface area contributed by atoms with Crippen molar-refractivity contribution in [1.82, 2.24) is 0 Å². The number of anilines is 1. The van der Waals surface area contributed by atoms with Crippen molar-refractivity contribution in [3.05, 3.63) is 47.8 Å². The van der Waals surface area contributed by atoms with Gasteiger partial charge in [-0.05, 0) is 36.4 Å². The fourth-order valence-electron chi connectivity index (χ4n) is 1.95. The standard InChI is InChI=1S/C16H16FNO4/c1-20-13-8-10(9-14(21-2)15(13)22-3)16(19)18-12-6-4-11(17)5-7-12/h4-9H,1-3H3,(H,18,19). The highest BCUT2D eigenvalue weighted by atomic mass is 19.1. The lowest BCUT2D eigenvalue weighted by Gasteiger charge is -2.14. The third-order valence-corrected chi connectivity index (χ3v) is 3.03. The molecule has 5 nitrogen and oxygen atoms in total. The first-order chi connectivity index (χ1) is 10.6. The van der Waals surface area contributed by atoms with Gasteiger partial charge in [0.1, 0.15) is 5.82 Å². The van der Waals surface area contributed by atoms with Crippen LogP contribution in [0.5, 0.6) is 17.2 Å². The number of amides is 1. The lowest BCUT2D eigenvalue weighted by molar-refractivity contribution is 0.102. The van der Waals surface area contributed by atoms with Gasteiger partial charge >= 0.3 is 0 Å². The Morgan fingerprint density at radius 3 is 1.95 bits per heavy atom. The van der Waals surface area contributed by atoms with E-state index >= 15 is 0 Å². The van der Waals surface area contributed by atoms with Gasteiger partial charge in [-0.15, -0.1) is 0 Å². The maximum atomic E-state index is 12.9. The summed E-state index contributed by atoms with van der Waals surface area (Å²) in [6.07, 6.45) is 0. The summed E-state index contributed by atoms with van der Waals surface area (Å²) >= 11 is 0. The topological polar surface area (TPSA) is 56.8 Å². The molecule has 1 N–H and O–H groups in total. The Kier molecular flexibility index (Phi) is 4.83. The van der Waals surface area contributed by atoms with Gasteiger partial charge in [0.25, 0.3) is 5.91 Å². The average Bonchev–Trinajstić information content (AvgIpc) is 2.55. The Bertz CT molecular complexity index is 645. The SMILES string of the molecule is COc1cc(C(=O)Nc2ccc(F)cc2)cc(OC)c1OC. The molecule has 0 heterocycles. The van der Waals surface area contributed by atoms with E-state index in [4.69, 9.17) is 14.2 Å². The Balaban J connectivity index is 2.31. The van der Waals surface area contributed by atoms with E-state index in [1.165, 1.54) is 45.6 Å². The largest absolute Gasteiger partial charge is 0.493 e. The molecule has 0 fully saturated rings. The van der Waals surface area contributed by atoms with E-state index in [9.17, 15) is 9.18 Å². The lowest BCUT2D eigenvalue weighted by Crippen LogP contribution is -2.12. The normalized spacial score (nSPS) is 10.0. The van der Waals surface area contributed by atoms with Crippen molar-refractivity contribution in [2.24, 2.45) is 0 Å². The zero-order valence-electron chi connectivity index (χ0n) is 12.5. The molecule has 0 radical (unpaired) electrons. The van der Waals surface area contributed by atoms with Crippen LogP contribution < -0.4 is 19.5 Å². The summed E-state index contributed by atoms with van der Waals surface area (Å²) in [5, 5.41) is 2.67. The lowest BCUT2D eigenvalue weighted by atomic mass is 10.1. The minimum Gasteiger partial charge on any atom is -0.493 e. The van der Waals surface area contributed by atoms with Gasteiger partial charge < -0.3 is 19.5 Å². The minimum absolute atomic E-state index is 0.332. The summed E-state index contributed by atoms with van der Waals surface area (Å²) in [6.45, 7) is 0. The highest BCUT2D eigenvalue weighted by molar-refractivity contribution is 6.05. The smallest absolute Gasteiger partial charge is 0.255 e. The summed E-state index contributed by atoms with van der Waals surface area (Å²) < 4.78 is 28.5. The predicted octanol–water partition coefficient (Wildman–Crippen LogP) is 3.10. The van der Waals surface area contributed by atoms with E-state index in [1.807, 2.05) is 0 Å². The molecule has 6 heteroatoms. The van der Waals surface area contributed by atoms with E-state index in [0.717, 1.165) is 0 Å². The number of hydrogen-bond donors (Lipinski definition) is 1. The Morgan fingerprint density at radius 2 is 1.50 bits per heavy atom. The second-order valence-electron chi connectivity index (χ2n) is 4.38. The van der Waals surface area contributed by atoms with Crippen molar-refractivity contribution in [1.29, 1.82) is 0 Å². The van der Waals surface area contributed by atoms with Crippen LogP contribution in [-0.2, 0) is 0 Å². The second kappa shape index (κ2) is 6.80. The molecule has 0 saturated carbocycles. The van der Waals surface area contributed by atoms with Crippen LogP contribution in [0, 0.1) is 5.82 Å². The maximum Gasteiger partial charge on any atom is 0.255 e. The third kappa shape index (κ3) is 3.28. The molecular formula is C16H16FNO4. The van der Waals surface area contributed by atoms with Crippen LogP contribution in [0.1, 0.15) is 10.4 Å². The van der Waals surface area contributed by atoms with Crippen molar-refractivity contribution in [2.75, 3.05) is 26.6 Å². The molecule has 0 saturated heterocycles. The summed E-state index contributed by atoms with van der Waals surface area (Å²) in [5.74, 6) is 0.428. The number of carbonyl (C=O) groups excluding carboxylic acids is 1. The molecule has 0 bridgehead atoms. The van der Waals surface area contributed by atoms with Crippen molar-refractivity contribution in [2.45, 2.75) is 0 Å². The van der Waals surface area contributed by atoms with Gasteiger partial charge in [-0.1, -0.05) is 0 Å². The molecule has 0 spiro atoms. The van der Waals surface area contributed by atoms with Crippen molar-refractivity contribution in [3.63, 3.8) is 0 Å². The zero-order valence-corrected chi connectivity index (χ0v) is 12.5. The Morgan fingerprint density at radius 1 is 0.955 bits per heavy atom. The quantitative estimate of drug-likeness (QED) is 0.922. The van der Waals surface area contributed by atoms with Gasteiger partial charge in [0.2, 0.25) is 5.75 Å². The average molecular weight is 305 g/mol. The molecule has 2 aromatic rings. The number of methoxy groups -OCH3 is 3. The molecule has 0 aromatic heterocycles. The zero-order chi connectivity index (χ0) is 16.1. The minimum atomic E-state index is -0.370. The van der Waals surface area contributed by atoms with Gasteiger partial charge in [-0.25, -0.2) is 4.39 Å². The first-order valence-electron chi connectivity index (χ1n) is 6.46. The number of halogens is 1. The fraction of sp³-hybridized carbons (Fsp3) is 0.188. The van der Waals surface area contributed by atoms with Crippen LogP contribution in [0.2, 0.25) is 0 Å². The summed E-state index contributed by atoms with van der Waals surface area (Å²) in [5.41, 5.74) is 0.818. The molecular weight excluding hydrogens is 289 g/mol. The highest BCUT2D eigenvalue weighted by Crippen LogP contribution is 2.38. The predicted molar refractivity (Wildman–Crippen MR) is 80.5 cm³/mol. The van der Waals surface area contributed by atoms with E-state index < -0.39 is 0 Å². The van der Waals surface area contributed by atoms with Crippen molar-refractivity contribution >= 4 is 11.6 Å². The van der Waals surface area contributed by atoms with Gasteiger partial charge in [0.15, 0.2) is 11.5 Å². The number of carbonyl (C=O) groups is 1. The van der Waals surface area contributed by atoms with Gasteiger partial charge in [0, 0.05) is 11.3 Å². The highest BCUT2D eigenvalue weighted by Gasteiger charge is 2.17. The Labute approximate surface area is 127 Å². The van der Waals surface area contributed by atoms with Crippen LogP contribution in [0.25, 0.3) is 0 Å². The Hall–Kier alpha value is -2.76.